The number of nitriles is 1. The highest BCUT2D eigenvalue weighted by Crippen LogP contribution is 2.51. The van der Waals surface area contributed by atoms with Crippen molar-refractivity contribution in [2.75, 3.05) is 0 Å². The summed E-state index contributed by atoms with van der Waals surface area (Å²) >= 11 is 0. The normalized spacial score (nSPS) is 12.8. The molecule has 0 saturated heterocycles. The molecule has 21 heteroatoms. The summed E-state index contributed by atoms with van der Waals surface area (Å²) in [7, 11) is 0. The van der Waals surface area contributed by atoms with Crippen molar-refractivity contribution >= 4 is 43.6 Å². The van der Waals surface area contributed by atoms with E-state index in [0.717, 1.165) is 48.5 Å². The second-order valence-electron chi connectivity index (χ2n) is 24.2. The van der Waals surface area contributed by atoms with Crippen LogP contribution in [0, 0.1) is 39.0 Å². The quantitative estimate of drug-likeness (QED) is 0.140. The number of nitrogens with zero attached hydrogens (tertiary/aromatic N) is 3. The maximum Gasteiger partial charge on any atom is 0.417 e. The summed E-state index contributed by atoms with van der Waals surface area (Å²) in [4.78, 5) is 0. The molecule has 3 nitrogen and oxygen atoms in total. The molecule has 0 bridgehead atoms. The number of rotatable bonds is 8. The van der Waals surface area contributed by atoms with Gasteiger partial charge in [0.15, 0.2) is 0 Å². The fourth-order valence-electron chi connectivity index (χ4n) is 13.2. The summed E-state index contributed by atoms with van der Waals surface area (Å²) in [5, 5.41) is 12.5. The molecule has 98 heavy (non-hydrogen) atoms. The van der Waals surface area contributed by atoms with Gasteiger partial charge in [0.05, 0.1) is 78.5 Å². The monoisotopic (exact) mass is 1350 g/mol. The molecule has 0 aliphatic heterocycles. The van der Waals surface area contributed by atoms with Crippen molar-refractivity contribution in [2.45, 2.75) is 64.8 Å². The van der Waals surface area contributed by atoms with Gasteiger partial charge in [-0.15, -0.1) is 0 Å². The van der Waals surface area contributed by atoms with Gasteiger partial charge in [0, 0.05) is 32.7 Å². The highest BCUT2D eigenvalue weighted by Gasteiger charge is 2.41. The van der Waals surface area contributed by atoms with Crippen LogP contribution in [0.25, 0.3) is 122 Å². The molecule has 0 saturated carbocycles. The molecule has 494 valence electrons. The molecule has 2 aromatic heterocycles. The minimum absolute atomic E-state index is 0.00582. The molecular weight excluding hydrogens is 1310 g/mol. The second-order valence-corrected chi connectivity index (χ2v) is 24.2. The van der Waals surface area contributed by atoms with Crippen molar-refractivity contribution in [1.82, 2.24) is 9.13 Å². The lowest BCUT2D eigenvalue weighted by molar-refractivity contribution is -0.143. The van der Waals surface area contributed by atoms with Gasteiger partial charge in [-0.05, 0) is 233 Å². The third-order valence-electron chi connectivity index (χ3n) is 17.4. The van der Waals surface area contributed by atoms with E-state index in [1.807, 2.05) is 0 Å². The van der Waals surface area contributed by atoms with E-state index in [1.165, 1.54) is 149 Å². The van der Waals surface area contributed by atoms with E-state index in [-0.39, 0.29) is 145 Å². The van der Waals surface area contributed by atoms with Crippen LogP contribution in [0.2, 0.25) is 0 Å². The van der Waals surface area contributed by atoms with Crippen LogP contribution < -0.4 is 0 Å². The molecular formula is C77H45F18N3. The average molecular weight is 1350 g/mol. The molecule has 0 N–H and O–H groups in total. The first-order chi connectivity index (χ1) is 45.9. The highest BCUT2D eigenvalue weighted by atomic mass is 19.4. The van der Waals surface area contributed by atoms with Crippen LogP contribution in [0.5, 0.6) is 0 Å². The van der Waals surface area contributed by atoms with Crippen LogP contribution in [0.15, 0.2) is 200 Å². The Labute approximate surface area is 545 Å². The summed E-state index contributed by atoms with van der Waals surface area (Å²) < 4.78 is 268. The molecule has 11 aromatic carbocycles. The molecule has 0 fully saturated rings. The van der Waals surface area contributed by atoms with E-state index in [4.69, 9.17) is 0 Å². The van der Waals surface area contributed by atoms with Crippen LogP contribution in [0.3, 0.4) is 0 Å². The molecule has 0 aliphatic carbocycles. The van der Waals surface area contributed by atoms with Gasteiger partial charge in [0.1, 0.15) is 0 Å². The number of hydrogen-bond acceptors (Lipinski definition) is 1. The van der Waals surface area contributed by atoms with Gasteiger partial charge < -0.3 is 9.13 Å². The van der Waals surface area contributed by atoms with Crippen molar-refractivity contribution in [1.29, 1.82) is 5.26 Å². The Hall–Kier alpha value is -10.8. The number of fused-ring (bicyclic) bond motifs is 6. The minimum atomic E-state index is -5.52. The van der Waals surface area contributed by atoms with Gasteiger partial charge in [-0.1, -0.05) is 72.8 Å². The van der Waals surface area contributed by atoms with E-state index in [0.29, 0.717) is 12.1 Å². The summed E-state index contributed by atoms with van der Waals surface area (Å²) in [6.45, 7) is 5.82. The van der Waals surface area contributed by atoms with Crippen LogP contribution in [0.4, 0.5) is 79.0 Å². The largest absolute Gasteiger partial charge is 0.417 e. The van der Waals surface area contributed by atoms with E-state index in [9.17, 15) is 71.1 Å². The topological polar surface area (TPSA) is 33.6 Å². The van der Waals surface area contributed by atoms with E-state index < -0.39 is 81.6 Å². The summed E-state index contributed by atoms with van der Waals surface area (Å²) in [5.41, 5.74) is -6.44. The first-order valence-electron chi connectivity index (χ1n) is 29.8. The smallest absolute Gasteiger partial charge is 0.309 e. The molecule has 0 amide bonds. The van der Waals surface area contributed by atoms with Crippen molar-refractivity contribution in [3.63, 3.8) is 0 Å². The maximum absolute atomic E-state index is 15.9. The number of hydrogen-bond donors (Lipinski definition) is 0. The van der Waals surface area contributed by atoms with Crippen molar-refractivity contribution in [3.05, 3.63) is 261 Å². The van der Waals surface area contributed by atoms with Crippen LogP contribution in [-0.4, -0.2) is 9.13 Å². The molecule has 13 rings (SSSR count). The summed E-state index contributed by atoms with van der Waals surface area (Å²) in [5.74, 6) is 0. The molecule has 0 atom stereocenters. The Morgan fingerprint density at radius 2 is 0.592 bits per heavy atom. The summed E-state index contributed by atoms with van der Waals surface area (Å²) in [6.07, 6.45) is -30.0. The Kier molecular flexibility index (Phi) is 15.6. The maximum atomic E-state index is 15.9. The predicted octanol–water partition coefficient (Wildman–Crippen LogP) is 25.1. The molecule has 13 aromatic rings. The van der Waals surface area contributed by atoms with Crippen LogP contribution in [0.1, 0.15) is 61.2 Å². The Balaban J connectivity index is 1.17. The van der Waals surface area contributed by atoms with Crippen LogP contribution in [-0.2, 0) is 37.1 Å². The van der Waals surface area contributed by atoms with Crippen molar-refractivity contribution in [2.24, 2.45) is 0 Å². The Morgan fingerprint density at radius 3 is 0.898 bits per heavy atom. The lowest BCUT2D eigenvalue weighted by Crippen LogP contribution is -2.13. The van der Waals surface area contributed by atoms with Gasteiger partial charge >= 0.3 is 37.1 Å². The van der Waals surface area contributed by atoms with Gasteiger partial charge in [0.25, 0.3) is 0 Å². The van der Waals surface area contributed by atoms with E-state index in [1.54, 1.807) is 21.3 Å². The zero-order valence-electron chi connectivity index (χ0n) is 51.2. The van der Waals surface area contributed by atoms with E-state index in [2.05, 4.69) is 6.07 Å². The molecule has 0 unspecified atom stereocenters. The molecule has 0 radical (unpaired) electrons. The third kappa shape index (κ3) is 12.0. The number of aromatic nitrogens is 2. The number of benzene rings is 11. The number of halogens is 18. The lowest BCUT2D eigenvalue weighted by atomic mass is 9.86. The minimum Gasteiger partial charge on any atom is -0.309 e. The average Bonchev–Trinajstić information content (AvgIpc) is 1.52. The number of aryl methyl sites for hydroxylation is 4. The van der Waals surface area contributed by atoms with Gasteiger partial charge in [-0.2, -0.15) is 84.3 Å². The fourth-order valence-corrected chi connectivity index (χ4v) is 13.2. The first-order valence-corrected chi connectivity index (χ1v) is 29.8. The third-order valence-corrected chi connectivity index (χ3v) is 17.4. The Morgan fingerprint density at radius 1 is 0.276 bits per heavy atom. The zero-order valence-corrected chi connectivity index (χ0v) is 51.2. The predicted molar refractivity (Wildman–Crippen MR) is 341 cm³/mol. The SMILES string of the molecule is Cc1cc(-c2ccc3c(c2)c2cc(-c4cc(C)cc(C(F)(F)F)c4)ccc2n3-c2cccc(C#N)c2-c2c(-c3ccc(C(F)(F)F)cc3C(F)(F)F)cccc2-n2c3ccc(-c4cc(C)cc(C(F)(F)F)c4)cc3c3cc(-c4cc(C)cc(C(F)(F)F)c4)ccc32)cc(C(F)(F)F)c1. The fraction of sp³-hybridized carbons (Fsp3) is 0.130. The molecule has 2 heterocycles. The van der Waals surface area contributed by atoms with Gasteiger partial charge in [-0.3, -0.25) is 0 Å². The highest BCUT2D eigenvalue weighted by molar-refractivity contribution is 6.15. The molecule has 0 spiro atoms. The van der Waals surface area contributed by atoms with Crippen molar-refractivity contribution < 1.29 is 79.0 Å². The first kappa shape index (κ1) is 65.9. The summed E-state index contributed by atoms with van der Waals surface area (Å²) in [6, 6.07) is 43.0. The molecule has 0 aliphatic rings. The lowest BCUT2D eigenvalue weighted by Gasteiger charge is -2.24. The van der Waals surface area contributed by atoms with Gasteiger partial charge in [-0.25, -0.2) is 0 Å². The van der Waals surface area contributed by atoms with Crippen LogP contribution >= 0.6 is 0 Å². The number of alkyl halides is 18. The van der Waals surface area contributed by atoms with E-state index >= 15 is 13.2 Å². The van der Waals surface area contributed by atoms with Gasteiger partial charge in [0.2, 0.25) is 0 Å². The Bertz CT molecular complexity index is 5250. The zero-order chi connectivity index (χ0) is 70.2. The van der Waals surface area contributed by atoms with Crippen molar-refractivity contribution in [3.8, 4) is 84.2 Å². The standard InChI is InChI=1S/C77H45F18N3/c1-39-21-48(29-53(25-39)73(81,82)83)43-11-17-64-59(33-43)60-34-44(49-22-40(2)26-54(30-49)74(84,85)86)12-18-65(60)97(64)68-9-5-7-47(38-96)70(68)71-58(57-16-15-52(72(78,79)80)37-63(57)77(93,94)95)8-6-10-69(71)98-66-19-13-45(50-23-41(3)27-55(31-50)75(87,88)89)35-61(66)62-36-46(14-20-67(62)98)51-24-42(4)28-56(32-51)76(90,91)92/h5-37H,1-4H3. The second kappa shape index (κ2) is 23.2.